The van der Waals surface area contributed by atoms with E-state index in [0.29, 0.717) is 41.8 Å². The third kappa shape index (κ3) is 4.88. The number of nitrogens with zero attached hydrogens (tertiary/aromatic N) is 5. The van der Waals surface area contributed by atoms with Crippen LogP contribution in [-0.4, -0.2) is 75.4 Å². The molecular weight excluding hydrogens is 490 g/mol. The molecule has 1 aromatic heterocycles. The molecular formula is C23H25N5O7S. The van der Waals surface area contributed by atoms with Crippen LogP contribution in [0.1, 0.15) is 0 Å². The first kappa shape index (κ1) is 25.1. The summed E-state index contributed by atoms with van der Waals surface area (Å²) in [4.78, 5) is 12.2. The molecule has 0 radical (unpaired) electrons. The monoisotopic (exact) mass is 515 g/mol. The van der Waals surface area contributed by atoms with Gasteiger partial charge in [-0.2, -0.15) is 4.31 Å². The second-order valence-corrected chi connectivity index (χ2v) is 9.77. The molecule has 12 nitrogen and oxygen atoms in total. The Balaban J connectivity index is 1.46. The fourth-order valence-electron chi connectivity index (χ4n) is 3.92. The Morgan fingerprint density at radius 2 is 1.47 bits per heavy atom. The van der Waals surface area contributed by atoms with Crippen molar-refractivity contribution < 1.29 is 27.6 Å². The summed E-state index contributed by atoms with van der Waals surface area (Å²) in [5.41, 5.74) is 1.19. The van der Waals surface area contributed by atoms with Crippen LogP contribution in [0, 0.1) is 10.1 Å². The molecule has 0 unspecified atom stereocenters. The minimum Gasteiger partial charge on any atom is -0.493 e. The summed E-state index contributed by atoms with van der Waals surface area (Å²) in [5.74, 6) is 2.11. The Labute approximate surface area is 208 Å². The second kappa shape index (κ2) is 10.3. The first-order valence-corrected chi connectivity index (χ1v) is 12.4. The average Bonchev–Trinajstić information content (AvgIpc) is 2.92. The maximum atomic E-state index is 12.9. The smallest absolute Gasteiger partial charge is 0.269 e. The average molecular weight is 516 g/mol. The lowest BCUT2D eigenvalue weighted by Gasteiger charge is -2.34. The summed E-state index contributed by atoms with van der Waals surface area (Å²) >= 11 is 0. The van der Waals surface area contributed by atoms with Gasteiger partial charge in [-0.3, -0.25) is 10.1 Å². The van der Waals surface area contributed by atoms with Crippen LogP contribution in [0.2, 0.25) is 0 Å². The van der Waals surface area contributed by atoms with E-state index < -0.39 is 14.9 Å². The zero-order chi connectivity index (χ0) is 25.9. The molecule has 0 amide bonds. The Morgan fingerprint density at radius 3 is 1.94 bits per heavy atom. The molecule has 13 heteroatoms. The molecule has 0 saturated carbocycles. The number of hydrogen-bond acceptors (Lipinski definition) is 10. The lowest BCUT2D eigenvalue weighted by molar-refractivity contribution is -0.384. The van der Waals surface area contributed by atoms with Gasteiger partial charge in [0.05, 0.1) is 36.8 Å². The van der Waals surface area contributed by atoms with Gasteiger partial charge in [-0.15, -0.1) is 10.2 Å². The van der Waals surface area contributed by atoms with E-state index in [2.05, 4.69) is 10.2 Å². The topological polar surface area (TPSA) is 137 Å². The van der Waals surface area contributed by atoms with Crippen molar-refractivity contribution in [1.82, 2.24) is 14.5 Å². The van der Waals surface area contributed by atoms with Crippen molar-refractivity contribution in [2.75, 3.05) is 52.4 Å². The van der Waals surface area contributed by atoms with Crippen LogP contribution in [0.15, 0.2) is 53.4 Å². The highest BCUT2D eigenvalue weighted by atomic mass is 32.2. The number of rotatable bonds is 8. The molecule has 3 aromatic rings. The number of aromatic nitrogens is 2. The summed E-state index contributed by atoms with van der Waals surface area (Å²) in [7, 11) is 0.853. The van der Waals surface area contributed by atoms with Crippen LogP contribution >= 0.6 is 0 Å². The fraction of sp³-hybridized carbons (Fsp3) is 0.304. The van der Waals surface area contributed by atoms with Crippen LogP contribution in [0.4, 0.5) is 11.5 Å². The molecule has 2 aromatic carbocycles. The number of non-ortho nitro benzene ring substituents is 1. The minimum atomic E-state index is -3.76. The van der Waals surface area contributed by atoms with E-state index in [1.54, 1.807) is 12.1 Å². The van der Waals surface area contributed by atoms with Crippen molar-refractivity contribution in [3.8, 4) is 28.5 Å². The Kier molecular flexibility index (Phi) is 7.22. The molecule has 0 aliphatic carbocycles. The van der Waals surface area contributed by atoms with E-state index in [-0.39, 0.29) is 23.7 Å². The van der Waals surface area contributed by atoms with E-state index in [1.807, 2.05) is 17.0 Å². The summed E-state index contributed by atoms with van der Waals surface area (Å²) in [6.07, 6.45) is 0. The van der Waals surface area contributed by atoms with E-state index in [4.69, 9.17) is 14.2 Å². The summed E-state index contributed by atoms with van der Waals surface area (Å²) < 4.78 is 43.4. The zero-order valence-electron chi connectivity index (χ0n) is 19.9. The standard InChI is InChI=1S/C23H25N5O7S/c1-33-20-14-16(15-21(34-2)23(20)35-3)19-8-9-22(25-24-19)26-10-12-27(13-11-26)36(31,32)18-6-4-17(5-7-18)28(29)30/h4-9,14-15H,10-13H2,1-3H3. The van der Waals surface area contributed by atoms with Crippen molar-refractivity contribution >= 4 is 21.5 Å². The molecule has 1 saturated heterocycles. The number of nitro benzene ring substituents is 1. The van der Waals surface area contributed by atoms with Gasteiger partial charge in [0.15, 0.2) is 17.3 Å². The van der Waals surface area contributed by atoms with E-state index >= 15 is 0 Å². The number of benzene rings is 2. The van der Waals surface area contributed by atoms with Gasteiger partial charge in [-0.1, -0.05) is 0 Å². The predicted octanol–water partition coefficient (Wildman–Crippen LogP) is 2.59. The Morgan fingerprint density at radius 1 is 0.861 bits per heavy atom. The maximum absolute atomic E-state index is 12.9. The molecule has 1 aliphatic rings. The highest BCUT2D eigenvalue weighted by Gasteiger charge is 2.29. The minimum absolute atomic E-state index is 0.0241. The van der Waals surface area contributed by atoms with Crippen LogP contribution < -0.4 is 19.1 Å². The van der Waals surface area contributed by atoms with Gasteiger partial charge in [0.2, 0.25) is 15.8 Å². The van der Waals surface area contributed by atoms with Crippen LogP contribution in [0.3, 0.4) is 0 Å². The number of piperazine rings is 1. The highest BCUT2D eigenvalue weighted by molar-refractivity contribution is 7.89. The molecule has 36 heavy (non-hydrogen) atoms. The molecule has 2 heterocycles. The molecule has 1 aliphatic heterocycles. The van der Waals surface area contributed by atoms with E-state index in [0.717, 1.165) is 5.56 Å². The number of nitro groups is 1. The second-order valence-electron chi connectivity index (χ2n) is 7.83. The normalized spacial score (nSPS) is 14.4. The number of sulfonamides is 1. The summed E-state index contributed by atoms with van der Waals surface area (Å²) in [6.45, 7) is 1.33. The van der Waals surface area contributed by atoms with Crippen molar-refractivity contribution in [3.63, 3.8) is 0 Å². The largest absolute Gasteiger partial charge is 0.493 e. The molecule has 0 N–H and O–H groups in total. The molecule has 0 bridgehead atoms. The van der Waals surface area contributed by atoms with Gasteiger partial charge in [-0.25, -0.2) is 8.42 Å². The molecule has 1 fully saturated rings. The predicted molar refractivity (Wildman–Crippen MR) is 131 cm³/mol. The van der Waals surface area contributed by atoms with Gasteiger partial charge in [-0.05, 0) is 36.4 Å². The SMILES string of the molecule is COc1cc(-c2ccc(N3CCN(S(=O)(=O)c4ccc([N+](=O)[O-])cc4)CC3)nn2)cc(OC)c1OC. The lowest BCUT2D eigenvalue weighted by Crippen LogP contribution is -2.48. The van der Waals surface area contributed by atoms with Crippen molar-refractivity contribution in [2.24, 2.45) is 0 Å². The van der Waals surface area contributed by atoms with Crippen molar-refractivity contribution in [3.05, 3.63) is 58.6 Å². The van der Waals surface area contributed by atoms with Gasteiger partial charge in [0.25, 0.3) is 5.69 Å². The number of hydrogen-bond donors (Lipinski definition) is 0. The van der Waals surface area contributed by atoms with E-state index in [9.17, 15) is 18.5 Å². The Bertz CT molecular complexity index is 1320. The van der Waals surface area contributed by atoms with Crippen molar-refractivity contribution in [1.29, 1.82) is 0 Å². The number of anilines is 1. The number of ether oxygens (including phenoxy) is 3. The van der Waals surface area contributed by atoms with Crippen LogP contribution in [0.25, 0.3) is 11.3 Å². The van der Waals surface area contributed by atoms with Crippen LogP contribution in [-0.2, 0) is 10.0 Å². The Hall–Kier alpha value is -3.97. The van der Waals surface area contributed by atoms with E-state index in [1.165, 1.54) is 49.9 Å². The molecule has 0 atom stereocenters. The summed E-state index contributed by atoms with van der Waals surface area (Å²) in [5, 5.41) is 19.5. The maximum Gasteiger partial charge on any atom is 0.269 e. The van der Waals surface area contributed by atoms with Crippen LogP contribution in [0.5, 0.6) is 17.2 Å². The highest BCUT2D eigenvalue weighted by Crippen LogP contribution is 2.40. The lowest BCUT2D eigenvalue weighted by atomic mass is 10.1. The third-order valence-corrected chi connectivity index (χ3v) is 7.77. The van der Waals surface area contributed by atoms with Crippen molar-refractivity contribution in [2.45, 2.75) is 4.90 Å². The molecule has 190 valence electrons. The van der Waals surface area contributed by atoms with Gasteiger partial charge in [0, 0.05) is 43.9 Å². The van der Waals surface area contributed by atoms with Gasteiger partial charge >= 0.3 is 0 Å². The summed E-state index contributed by atoms with van der Waals surface area (Å²) in [6, 6.07) is 12.1. The first-order valence-electron chi connectivity index (χ1n) is 10.9. The number of methoxy groups -OCH3 is 3. The van der Waals surface area contributed by atoms with Gasteiger partial charge in [0.1, 0.15) is 0 Å². The quantitative estimate of drug-likeness (QED) is 0.325. The zero-order valence-corrected chi connectivity index (χ0v) is 20.8. The third-order valence-electron chi connectivity index (χ3n) is 5.86. The molecule has 4 rings (SSSR count). The molecule has 0 spiro atoms. The fourth-order valence-corrected chi connectivity index (χ4v) is 5.35. The first-order chi connectivity index (χ1) is 17.3. The van der Waals surface area contributed by atoms with Gasteiger partial charge < -0.3 is 19.1 Å².